The standard InChI is InChI=1S/C10H15N5/c1-6(2)8-10-11-5-12-15(10)9(7(3)4)14-13-8/h5-7H,1-4H3. The Kier molecular flexibility index (Phi) is 2.38. The maximum Gasteiger partial charge on any atom is 0.181 e. The summed E-state index contributed by atoms with van der Waals surface area (Å²) in [6.45, 7) is 8.29. The van der Waals surface area contributed by atoms with E-state index in [1.165, 1.54) is 0 Å². The van der Waals surface area contributed by atoms with Crippen LogP contribution >= 0.6 is 0 Å². The lowest BCUT2D eigenvalue weighted by Crippen LogP contribution is -2.10. The van der Waals surface area contributed by atoms with Crippen molar-refractivity contribution in [2.45, 2.75) is 39.5 Å². The summed E-state index contributed by atoms with van der Waals surface area (Å²) >= 11 is 0. The number of fused-ring (bicyclic) bond motifs is 1. The zero-order valence-corrected chi connectivity index (χ0v) is 9.47. The van der Waals surface area contributed by atoms with Gasteiger partial charge in [0.25, 0.3) is 0 Å². The smallest absolute Gasteiger partial charge is 0.181 e. The first-order chi connectivity index (χ1) is 7.11. The second-order valence-electron chi connectivity index (χ2n) is 4.25. The largest absolute Gasteiger partial charge is 0.213 e. The van der Waals surface area contributed by atoms with Crippen molar-refractivity contribution in [3.63, 3.8) is 0 Å². The Morgan fingerprint density at radius 1 is 1.07 bits per heavy atom. The Labute approximate surface area is 88.6 Å². The van der Waals surface area contributed by atoms with Crippen LogP contribution in [0.1, 0.15) is 51.0 Å². The van der Waals surface area contributed by atoms with Crippen LogP contribution in [0.25, 0.3) is 5.65 Å². The summed E-state index contributed by atoms with van der Waals surface area (Å²) in [6, 6.07) is 0. The first kappa shape index (κ1) is 10.0. The van der Waals surface area contributed by atoms with Crippen LogP contribution < -0.4 is 0 Å². The van der Waals surface area contributed by atoms with Gasteiger partial charge in [0.15, 0.2) is 11.5 Å². The second kappa shape index (κ2) is 3.56. The fourth-order valence-electron chi connectivity index (χ4n) is 1.51. The lowest BCUT2D eigenvalue weighted by Gasteiger charge is -2.09. The van der Waals surface area contributed by atoms with Gasteiger partial charge in [-0.25, -0.2) is 4.98 Å². The van der Waals surface area contributed by atoms with Crippen molar-refractivity contribution in [3.05, 3.63) is 17.8 Å². The highest BCUT2D eigenvalue weighted by atomic mass is 15.4. The van der Waals surface area contributed by atoms with Crippen molar-refractivity contribution < 1.29 is 0 Å². The van der Waals surface area contributed by atoms with Crippen LogP contribution in [0.2, 0.25) is 0 Å². The molecule has 0 N–H and O–H groups in total. The first-order valence-electron chi connectivity index (χ1n) is 5.17. The van der Waals surface area contributed by atoms with Crippen LogP contribution in [0, 0.1) is 0 Å². The Morgan fingerprint density at radius 3 is 2.40 bits per heavy atom. The zero-order chi connectivity index (χ0) is 11.0. The molecule has 0 aliphatic carbocycles. The molecule has 2 heterocycles. The van der Waals surface area contributed by atoms with Gasteiger partial charge in [0.1, 0.15) is 12.0 Å². The lowest BCUT2D eigenvalue weighted by molar-refractivity contribution is 0.656. The van der Waals surface area contributed by atoms with Crippen molar-refractivity contribution in [3.8, 4) is 0 Å². The molecule has 2 rings (SSSR count). The van der Waals surface area contributed by atoms with Crippen LogP contribution in [-0.2, 0) is 0 Å². The van der Waals surface area contributed by atoms with E-state index in [1.54, 1.807) is 10.8 Å². The number of hydrogen-bond donors (Lipinski definition) is 0. The minimum absolute atomic E-state index is 0.294. The molecule has 0 fully saturated rings. The van der Waals surface area contributed by atoms with Crippen molar-refractivity contribution in [1.29, 1.82) is 0 Å². The molecule has 0 saturated heterocycles. The summed E-state index contributed by atoms with van der Waals surface area (Å²) in [5.74, 6) is 1.46. The quantitative estimate of drug-likeness (QED) is 0.749. The van der Waals surface area contributed by atoms with E-state index in [9.17, 15) is 0 Å². The van der Waals surface area contributed by atoms with E-state index in [0.29, 0.717) is 11.8 Å². The van der Waals surface area contributed by atoms with Crippen LogP contribution in [0.3, 0.4) is 0 Å². The summed E-state index contributed by atoms with van der Waals surface area (Å²) in [4.78, 5) is 4.23. The number of nitrogens with zero attached hydrogens (tertiary/aromatic N) is 5. The van der Waals surface area contributed by atoms with E-state index in [2.05, 4.69) is 48.0 Å². The average molecular weight is 205 g/mol. The third-order valence-corrected chi connectivity index (χ3v) is 2.32. The molecule has 0 atom stereocenters. The minimum atomic E-state index is 0.294. The lowest BCUT2D eigenvalue weighted by atomic mass is 10.1. The molecule has 0 bridgehead atoms. The van der Waals surface area contributed by atoms with Gasteiger partial charge in [-0.05, 0) is 0 Å². The molecule has 0 aromatic carbocycles. The third kappa shape index (κ3) is 1.58. The predicted octanol–water partition coefficient (Wildman–Crippen LogP) is 1.77. The second-order valence-corrected chi connectivity index (χ2v) is 4.25. The predicted molar refractivity (Wildman–Crippen MR) is 56.8 cm³/mol. The van der Waals surface area contributed by atoms with Crippen molar-refractivity contribution in [1.82, 2.24) is 24.8 Å². The highest BCUT2D eigenvalue weighted by molar-refractivity contribution is 5.43. The van der Waals surface area contributed by atoms with Crippen LogP contribution in [0.4, 0.5) is 0 Å². The van der Waals surface area contributed by atoms with E-state index >= 15 is 0 Å². The third-order valence-electron chi connectivity index (χ3n) is 2.32. The van der Waals surface area contributed by atoms with E-state index in [4.69, 9.17) is 0 Å². The molecule has 15 heavy (non-hydrogen) atoms. The van der Waals surface area contributed by atoms with Crippen LogP contribution in [0.5, 0.6) is 0 Å². The summed E-state index contributed by atoms with van der Waals surface area (Å²) < 4.78 is 1.78. The van der Waals surface area contributed by atoms with Gasteiger partial charge in [-0.2, -0.15) is 9.61 Å². The molecule has 0 radical (unpaired) electrons. The molecule has 0 spiro atoms. The molecule has 0 saturated carbocycles. The maximum atomic E-state index is 4.23. The molecule has 0 aliphatic heterocycles. The highest BCUT2D eigenvalue weighted by Crippen LogP contribution is 2.18. The van der Waals surface area contributed by atoms with Gasteiger partial charge in [0, 0.05) is 11.8 Å². The fourth-order valence-corrected chi connectivity index (χ4v) is 1.51. The monoisotopic (exact) mass is 205 g/mol. The van der Waals surface area contributed by atoms with Gasteiger partial charge in [-0.3, -0.25) is 0 Å². The summed E-state index contributed by atoms with van der Waals surface area (Å²) in [6.07, 6.45) is 1.55. The molecule has 0 amide bonds. The molecule has 2 aromatic rings. The van der Waals surface area contributed by atoms with Gasteiger partial charge in [0.2, 0.25) is 0 Å². The van der Waals surface area contributed by atoms with Gasteiger partial charge >= 0.3 is 0 Å². The topological polar surface area (TPSA) is 56.0 Å². The van der Waals surface area contributed by atoms with E-state index < -0.39 is 0 Å². The Balaban J connectivity index is 2.71. The maximum absolute atomic E-state index is 4.23. The van der Waals surface area contributed by atoms with Gasteiger partial charge in [0.05, 0.1) is 0 Å². The van der Waals surface area contributed by atoms with Crippen LogP contribution in [0.15, 0.2) is 6.33 Å². The molecule has 2 aromatic heterocycles. The van der Waals surface area contributed by atoms with Crippen molar-refractivity contribution in [2.75, 3.05) is 0 Å². The van der Waals surface area contributed by atoms with Crippen LogP contribution in [-0.4, -0.2) is 24.8 Å². The summed E-state index contributed by atoms with van der Waals surface area (Å²) in [7, 11) is 0. The van der Waals surface area contributed by atoms with E-state index in [0.717, 1.165) is 17.2 Å². The first-order valence-corrected chi connectivity index (χ1v) is 5.17. The van der Waals surface area contributed by atoms with Gasteiger partial charge < -0.3 is 0 Å². The SMILES string of the molecule is CC(C)c1nnc(C(C)C)n2ncnc12. The molecule has 5 heteroatoms. The summed E-state index contributed by atoms with van der Waals surface area (Å²) in [5.41, 5.74) is 1.72. The number of hydrogen-bond acceptors (Lipinski definition) is 4. The van der Waals surface area contributed by atoms with Crippen molar-refractivity contribution in [2.24, 2.45) is 0 Å². The Morgan fingerprint density at radius 2 is 1.80 bits per heavy atom. The van der Waals surface area contributed by atoms with E-state index in [1.807, 2.05) is 0 Å². The molecular weight excluding hydrogens is 190 g/mol. The molecule has 5 nitrogen and oxygen atoms in total. The zero-order valence-electron chi connectivity index (χ0n) is 9.47. The van der Waals surface area contributed by atoms with Crippen molar-refractivity contribution >= 4 is 5.65 Å². The minimum Gasteiger partial charge on any atom is -0.213 e. The Bertz CT molecular complexity index is 430. The normalized spacial score (nSPS) is 11.9. The number of rotatable bonds is 2. The number of aromatic nitrogens is 5. The average Bonchev–Trinajstić information content (AvgIpc) is 2.63. The molecule has 0 unspecified atom stereocenters. The molecular formula is C10H15N5. The highest BCUT2D eigenvalue weighted by Gasteiger charge is 2.15. The fraction of sp³-hybridized carbons (Fsp3) is 0.600. The van der Waals surface area contributed by atoms with Gasteiger partial charge in [-0.1, -0.05) is 27.7 Å². The Hall–Kier alpha value is -1.52. The van der Waals surface area contributed by atoms with E-state index in [-0.39, 0.29) is 0 Å². The molecule has 0 aliphatic rings. The molecule has 80 valence electrons. The summed E-state index contributed by atoms with van der Waals surface area (Å²) in [5, 5.41) is 12.6. The van der Waals surface area contributed by atoms with Gasteiger partial charge in [-0.15, -0.1) is 10.2 Å².